The Hall–Kier alpha value is -2.15. The van der Waals surface area contributed by atoms with E-state index in [0.29, 0.717) is 18.7 Å². The van der Waals surface area contributed by atoms with Gasteiger partial charge in [-0.15, -0.1) is 0 Å². The fraction of sp³-hybridized carbons (Fsp3) is 0.385. The molecule has 1 rings (SSSR count). The maximum atomic E-state index is 12.8. The van der Waals surface area contributed by atoms with Crippen LogP contribution in [0, 0.1) is 5.82 Å². The Labute approximate surface area is 116 Å². The molecule has 1 amide bonds. The van der Waals surface area contributed by atoms with E-state index in [4.69, 9.17) is 15.7 Å². The second-order valence-electron chi connectivity index (χ2n) is 4.13. The number of oxime groups is 1. The lowest BCUT2D eigenvalue weighted by atomic mass is 10.2. The number of carbonyl (C=O) groups is 1. The Balaban J connectivity index is 2.75. The van der Waals surface area contributed by atoms with Gasteiger partial charge in [-0.05, 0) is 24.3 Å². The van der Waals surface area contributed by atoms with Crippen molar-refractivity contribution in [2.24, 2.45) is 10.9 Å². The monoisotopic (exact) mass is 283 g/mol. The summed E-state index contributed by atoms with van der Waals surface area (Å²) in [5.74, 6) is -0.617. The number of carbonyl (C=O) groups excluding carboxylic acids is 1. The first-order valence-corrected chi connectivity index (χ1v) is 6.08. The number of nitrogens with two attached hydrogens (primary N) is 1. The van der Waals surface area contributed by atoms with Gasteiger partial charge in [0.05, 0.1) is 6.61 Å². The molecule has 1 aromatic rings. The predicted molar refractivity (Wildman–Crippen MR) is 72.2 cm³/mol. The molecule has 0 spiro atoms. The molecule has 1 aromatic carbocycles. The zero-order valence-electron chi connectivity index (χ0n) is 11.3. The summed E-state index contributed by atoms with van der Waals surface area (Å²) in [6.07, 6.45) is 0.243. The normalized spacial score (nSPS) is 11.4. The fourth-order valence-corrected chi connectivity index (χ4v) is 1.59. The van der Waals surface area contributed by atoms with Gasteiger partial charge in [-0.1, -0.05) is 5.16 Å². The van der Waals surface area contributed by atoms with E-state index in [-0.39, 0.29) is 24.7 Å². The highest BCUT2D eigenvalue weighted by Crippen LogP contribution is 2.07. The Morgan fingerprint density at radius 2 is 2.05 bits per heavy atom. The van der Waals surface area contributed by atoms with Crippen molar-refractivity contribution in [1.29, 1.82) is 0 Å². The quantitative estimate of drug-likeness (QED) is 0.339. The number of hydrogen-bond acceptors (Lipinski definition) is 4. The average Bonchev–Trinajstić information content (AvgIpc) is 2.47. The molecule has 0 aromatic heterocycles. The summed E-state index contributed by atoms with van der Waals surface area (Å²) < 4.78 is 17.8. The predicted octanol–water partition coefficient (Wildman–Crippen LogP) is 1.05. The molecule has 0 fully saturated rings. The Kier molecular flexibility index (Phi) is 6.45. The smallest absolute Gasteiger partial charge is 0.253 e. The summed E-state index contributed by atoms with van der Waals surface area (Å²) in [6.45, 7) is 1.02. The maximum absolute atomic E-state index is 12.8. The third-order valence-electron chi connectivity index (χ3n) is 2.71. The topological polar surface area (TPSA) is 88.2 Å². The Morgan fingerprint density at radius 3 is 2.60 bits per heavy atom. The minimum atomic E-state index is -0.401. The lowest BCUT2D eigenvalue weighted by Gasteiger charge is -2.22. The summed E-state index contributed by atoms with van der Waals surface area (Å²) in [7, 11) is 1.53. The second-order valence-corrected chi connectivity index (χ2v) is 4.13. The van der Waals surface area contributed by atoms with Crippen molar-refractivity contribution in [1.82, 2.24) is 4.90 Å². The number of benzene rings is 1. The van der Waals surface area contributed by atoms with Crippen LogP contribution in [-0.2, 0) is 4.74 Å². The van der Waals surface area contributed by atoms with Gasteiger partial charge in [0.2, 0.25) is 0 Å². The van der Waals surface area contributed by atoms with Crippen LogP contribution in [0.2, 0.25) is 0 Å². The van der Waals surface area contributed by atoms with Crippen molar-refractivity contribution in [3.8, 4) is 0 Å². The zero-order chi connectivity index (χ0) is 15.0. The fourth-order valence-electron chi connectivity index (χ4n) is 1.59. The molecule has 3 N–H and O–H groups in total. The third kappa shape index (κ3) is 4.85. The first-order valence-electron chi connectivity index (χ1n) is 6.08. The molecular formula is C13H18FN3O3. The van der Waals surface area contributed by atoms with Crippen LogP contribution in [0.1, 0.15) is 16.8 Å². The highest BCUT2D eigenvalue weighted by atomic mass is 19.1. The van der Waals surface area contributed by atoms with Crippen LogP contribution in [0.4, 0.5) is 4.39 Å². The van der Waals surface area contributed by atoms with Gasteiger partial charge >= 0.3 is 0 Å². The number of rotatable bonds is 7. The molecule has 7 heteroatoms. The molecule has 110 valence electrons. The van der Waals surface area contributed by atoms with Crippen molar-refractivity contribution in [2.75, 3.05) is 26.8 Å². The minimum absolute atomic E-state index is 0.0410. The molecular weight excluding hydrogens is 265 g/mol. The van der Waals surface area contributed by atoms with Crippen molar-refractivity contribution >= 4 is 11.7 Å². The SMILES string of the molecule is COCCN(CCC(N)=NO)C(=O)c1ccc(F)cc1. The number of nitrogens with zero attached hydrogens (tertiary/aromatic N) is 2. The van der Waals surface area contributed by atoms with Crippen LogP contribution in [0.15, 0.2) is 29.4 Å². The van der Waals surface area contributed by atoms with E-state index in [1.54, 1.807) is 0 Å². The van der Waals surface area contributed by atoms with Gasteiger partial charge in [0.25, 0.3) is 5.91 Å². The molecule has 20 heavy (non-hydrogen) atoms. The molecule has 0 unspecified atom stereocenters. The molecule has 0 aliphatic heterocycles. The van der Waals surface area contributed by atoms with Crippen LogP contribution >= 0.6 is 0 Å². The number of halogens is 1. The average molecular weight is 283 g/mol. The summed E-state index contributed by atoms with van der Waals surface area (Å²) in [4.78, 5) is 13.8. The van der Waals surface area contributed by atoms with E-state index < -0.39 is 5.82 Å². The lowest BCUT2D eigenvalue weighted by molar-refractivity contribution is 0.0700. The van der Waals surface area contributed by atoms with Crippen LogP contribution < -0.4 is 5.73 Å². The van der Waals surface area contributed by atoms with Gasteiger partial charge in [0.15, 0.2) is 0 Å². The largest absolute Gasteiger partial charge is 0.409 e. The van der Waals surface area contributed by atoms with Gasteiger partial charge < -0.3 is 20.6 Å². The number of amidine groups is 1. The molecule has 0 radical (unpaired) electrons. The standard InChI is InChI=1S/C13H18FN3O3/c1-20-9-8-17(7-6-12(15)16-19)13(18)10-2-4-11(14)5-3-10/h2-5,19H,6-9H2,1H3,(H2,15,16). The van der Waals surface area contributed by atoms with Gasteiger partial charge in [-0.3, -0.25) is 4.79 Å². The maximum Gasteiger partial charge on any atom is 0.253 e. The first kappa shape index (κ1) is 15.9. The van der Waals surface area contributed by atoms with Gasteiger partial charge in [-0.2, -0.15) is 0 Å². The number of amides is 1. The molecule has 0 aliphatic rings. The highest BCUT2D eigenvalue weighted by molar-refractivity contribution is 5.94. The molecule has 0 heterocycles. The summed E-state index contributed by atoms with van der Waals surface area (Å²) in [5, 5.41) is 11.4. The van der Waals surface area contributed by atoms with Crippen LogP contribution in [0.3, 0.4) is 0 Å². The molecule has 0 bridgehead atoms. The van der Waals surface area contributed by atoms with Gasteiger partial charge in [0.1, 0.15) is 11.7 Å². The minimum Gasteiger partial charge on any atom is -0.409 e. The van der Waals surface area contributed by atoms with Crippen LogP contribution in [-0.4, -0.2) is 48.7 Å². The number of ether oxygens (including phenoxy) is 1. The second kappa shape index (κ2) is 8.11. The van der Waals surface area contributed by atoms with E-state index in [1.807, 2.05) is 0 Å². The summed E-state index contributed by atoms with van der Waals surface area (Å²) >= 11 is 0. The Morgan fingerprint density at radius 1 is 1.40 bits per heavy atom. The van der Waals surface area contributed by atoms with Crippen molar-refractivity contribution < 1.29 is 19.1 Å². The molecule has 0 aliphatic carbocycles. The van der Waals surface area contributed by atoms with E-state index >= 15 is 0 Å². The molecule has 6 nitrogen and oxygen atoms in total. The third-order valence-corrected chi connectivity index (χ3v) is 2.71. The van der Waals surface area contributed by atoms with Gasteiger partial charge in [-0.25, -0.2) is 4.39 Å². The van der Waals surface area contributed by atoms with Crippen LogP contribution in [0.5, 0.6) is 0 Å². The number of methoxy groups -OCH3 is 1. The molecule has 0 atom stereocenters. The number of hydrogen-bond donors (Lipinski definition) is 2. The Bertz CT molecular complexity index is 462. The van der Waals surface area contributed by atoms with E-state index in [0.717, 1.165) is 0 Å². The van der Waals surface area contributed by atoms with E-state index in [2.05, 4.69) is 5.16 Å². The summed E-state index contributed by atoms with van der Waals surface area (Å²) in [6, 6.07) is 5.29. The van der Waals surface area contributed by atoms with Crippen molar-refractivity contribution in [3.63, 3.8) is 0 Å². The zero-order valence-corrected chi connectivity index (χ0v) is 11.3. The van der Waals surface area contributed by atoms with Crippen molar-refractivity contribution in [3.05, 3.63) is 35.6 Å². The van der Waals surface area contributed by atoms with E-state index in [1.165, 1.54) is 36.3 Å². The lowest BCUT2D eigenvalue weighted by Crippen LogP contribution is -2.36. The first-order chi connectivity index (χ1) is 9.58. The van der Waals surface area contributed by atoms with Gasteiger partial charge in [0, 0.05) is 32.2 Å². The molecule has 0 saturated heterocycles. The molecule has 0 saturated carbocycles. The summed E-state index contributed by atoms with van der Waals surface area (Å²) in [5.41, 5.74) is 5.77. The van der Waals surface area contributed by atoms with E-state index in [9.17, 15) is 9.18 Å². The van der Waals surface area contributed by atoms with Crippen LogP contribution in [0.25, 0.3) is 0 Å². The highest BCUT2D eigenvalue weighted by Gasteiger charge is 2.15. The van der Waals surface area contributed by atoms with Crippen molar-refractivity contribution in [2.45, 2.75) is 6.42 Å².